The summed E-state index contributed by atoms with van der Waals surface area (Å²) in [5.41, 5.74) is -1.18. The minimum atomic E-state index is -4.64. The Hall–Kier alpha value is -3.22. The van der Waals surface area contributed by atoms with Crippen molar-refractivity contribution in [2.24, 2.45) is 0 Å². The molecule has 0 aliphatic rings. The summed E-state index contributed by atoms with van der Waals surface area (Å²) < 4.78 is 103. The first kappa shape index (κ1) is 34.3. The van der Waals surface area contributed by atoms with Crippen molar-refractivity contribution in [1.29, 1.82) is 0 Å². The van der Waals surface area contributed by atoms with E-state index in [1.54, 1.807) is 12.1 Å². The Kier molecular flexibility index (Phi) is 10.8. The zero-order chi connectivity index (χ0) is 32.2. The molecule has 0 N–H and O–H groups in total. The van der Waals surface area contributed by atoms with Gasteiger partial charge in [-0.3, -0.25) is 4.90 Å². The number of rotatable bonds is 12. The molecule has 0 saturated heterocycles. The number of nitrogens with zero attached hydrogens (tertiary/aromatic N) is 1. The molecule has 0 unspecified atom stereocenters. The predicted octanol–water partition coefficient (Wildman–Crippen LogP) is 7.08. The Bertz CT molecular complexity index is 1560. The van der Waals surface area contributed by atoms with Crippen molar-refractivity contribution in [3.05, 3.63) is 93.5 Å². The van der Waals surface area contributed by atoms with E-state index in [-0.39, 0.29) is 24.5 Å². The van der Waals surface area contributed by atoms with Gasteiger partial charge in [0.1, 0.15) is 22.9 Å². The zero-order valence-corrected chi connectivity index (χ0v) is 25.5. The van der Waals surface area contributed by atoms with Crippen LogP contribution in [-0.4, -0.2) is 52.3 Å². The number of carbonyl (C=O) groups excluding carboxylic acids is 1. The Morgan fingerprint density at radius 2 is 1.67 bits per heavy atom. The van der Waals surface area contributed by atoms with E-state index in [2.05, 4.69) is 4.74 Å². The third-order valence-corrected chi connectivity index (χ3v) is 8.29. The summed E-state index contributed by atoms with van der Waals surface area (Å²) >= 11 is 6.17. The van der Waals surface area contributed by atoms with Crippen molar-refractivity contribution < 1.29 is 44.6 Å². The molecule has 13 heteroatoms. The number of esters is 1. The van der Waals surface area contributed by atoms with Crippen molar-refractivity contribution >= 4 is 27.4 Å². The van der Waals surface area contributed by atoms with Crippen LogP contribution in [0.3, 0.4) is 0 Å². The van der Waals surface area contributed by atoms with E-state index in [0.29, 0.717) is 19.5 Å². The number of sulfone groups is 1. The van der Waals surface area contributed by atoms with E-state index in [1.807, 2.05) is 18.7 Å². The van der Waals surface area contributed by atoms with E-state index < -0.39 is 60.1 Å². The smallest absolute Gasteiger partial charge is 0.417 e. The molecule has 0 aliphatic heterocycles. The van der Waals surface area contributed by atoms with Gasteiger partial charge in [0.2, 0.25) is 0 Å². The summed E-state index contributed by atoms with van der Waals surface area (Å²) in [5.74, 6) is -2.83. The van der Waals surface area contributed by atoms with Crippen molar-refractivity contribution in [2.75, 3.05) is 33.1 Å². The highest BCUT2D eigenvalue weighted by Gasteiger charge is 2.34. The van der Waals surface area contributed by atoms with Crippen molar-refractivity contribution in [1.82, 2.24) is 4.90 Å². The fourth-order valence-corrected chi connectivity index (χ4v) is 5.81. The minimum Gasteiger partial charge on any atom is -0.493 e. The minimum absolute atomic E-state index is 0.0238. The van der Waals surface area contributed by atoms with Gasteiger partial charge in [-0.05, 0) is 41.8 Å². The number of methoxy groups -OCH3 is 1. The number of carbonyl (C=O) groups is 1. The summed E-state index contributed by atoms with van der Waals surface area (Å²) in [7, 11) is -3.03. The van der Waals surface area contributed by atoms with E-state index >= 15 is 0 Å². The number of hydrogen-bond donors (Lipinski definition) is 0. The highest BCUT2D eigenvalue weighted by Crippen LogP contribution is 2.37. The van der Waals surface area contributed by atoms with Crippen LogP contribution in [0.25, 0.3) is 0 Å². The number of halogens is 6. The van der Waals surface area contributed by atoms with Gasteiger partial charge in [-0.25, -0.2) is 22.0 Å². The summed E-state index contributed by atoms with van der Waals surface area (Å²) in [6.07, 6.45) is -3.52. The number of hydrogen-bond acceptors (Lipinski definition) is 6. The van der Waals surface area contributed by atoms with Gasteiger partial charge in [0, 0.05) is 37.4 Å². The van der Waals surface area contributed by atoms with Gasteiger partial charge >= 0.3 is 12.1 Å². The summed E-state index contributed by atoms with van der Waals surface area (Å²) in [6, 6.07) is 11.5. The molecule has 3 rings (SSSR count). The van der Waals surface area contributed by atoms with Crippen LogP contribution in [0.15, 0.2) is 59.5 Å². The molecule has 0 aromatic heterocycles. The lowest BCUT2D eigenvalue weighted by molar-refractivity contribution is -0.137. The van der Waals surface area contributed by atoms with Crippen LogP contribution < -0.4 is 4.74 Å². The SMILES string of the molecule is COC(=O)c1c(F)cc(OCCCN(Cc2cccc(C(F)(F)F)c2Cl)CC(C)(C)c2ccc(F)cc2)cc1S(C)(=O)=O. The average Bonchev–Trinajstić information content (AvgIpc) is 2.90. The molecule has 3 aromatic carbocycles. The van der Waals surface area contributed by atoms with E-state index in [4.69, 9.17) is 16.3 Å². The van der Waals surface area contributed by atoms with E-state index in [0.717, 1.165) is 37.1 Å². The van der Waals surface area contributed by atoms with Gasteiger partial charge in [0.25, 0.3) is 0 Å². The standard InChI is InChI=1S/C30H31ClF5NO5S/c1-29(2,20-9-11-21(32)12-10-20)18-37(17-19-7-5-8-23(27(19)31)30(34,35)36)13-6-14-42-22-15-24(33)26(28(38)41-3)25(16-22)43(4,39)40/h5,7-12,15-16H,6,13-14,17-18H2,1-4H3. The lowest BCUT2D eigenvalue weighted by Crippen LogP contribution is -2.38. The molecule has 0 heterocycles. The first-order valence-electron chi connectivity index (χ1n) is 13.0. The molecule has 0 spiro atoms. The monoisotopic (exact) mass is 647 g/mol. The molecular formula is C30H31ClF5NO5S. The Morgan fingerprint density at radius 3 is 2.26 bits per heavy atom. The number of benzene rings is 3. The van der Waals surface area contributed by atoms with Crippen LogP contribution in [0.1, 0.15) is 47.3 Å². The molecule has 0 aliphatic carbocycles. The summed E-state index contributed by atoms with van der Waals surface area (Å²) in [6.45, 7) is 4.48. The fourth-order valence-electron chi connectivity index (χ4n) is 4.64. The molecular weight excluding hydrogens is 617 g/mol. The normalized spacial score (nSPS) is 12.4. The van der Waals surface area contributed by atoms with Crippen molar-refractivity contribution in [3.63, 3.8) is 0 Å². The average molecular weight is 648 g/mol. The first-order chi connectivity index (χ1) is 19.9. The summed E-state index contributed by atoms with van der Waals surface area (Å²) in [5, 5.41) is -0.412. The van der Waals surface area contributed by atoms with Gasteiger partial charge in [-0.15, -0.1) is 0 Å². The molecule has 0 saturated carbocycles. The van der Waals surface area contributed by atoms with Gasteiger partial charge in [-0.2, -0.15) is 13.2 Å². The number of ether oxygens (including phenoxy) is 2. The predicted molar refractivity (Wildman–Crippen MR) is 152 cm³/mol. The quantitative estimate of drug-likeness (QED) is 0.119. The molecule has 0 atom stereocenters. The lowest BCUT2D eigenvalue weighted by atomic mass is 9.84. The Labute approximate surface area is 252 Å². The van der Waals surface area contributed by atoms with Crippen LogP contribution >= 0.6 is 11.6 Å². The zero-order valence-electron chi connectivity index (χ0n) is 23.9. The van der Waals surface area contributed by atoms with Crippen LogP contribution in [0, 0.1) is 11.6 Å². The molecule has 0 bridgehead atoms. The first-order valence-corrected chi connectivity index (χ1v) is 15.3. The van der Waals surface area contributed by atoms with Gasteiger partial charge in [0.05, 0.1) is 29.2 Å². The third-order valence-electron chi connectivity index (χ3n) is 6.73. The highest BCUT2D eigenvalue weighted by atomic mass is 35.5. The summed E-state index contributed by atoms with van der Waals surface area (Å²) in [4.78, 5) is 13.3. The van der Waals surface area contributed by atoms with Crippen LogP contribution in [0.4, 0.5) is 22.0 Å². The maximum absolute atomic E-state index is 14.7. The van der Waals surface area contributed by atoms with Crippen LogP contribution in [-0.2, 0) is 32.7 Å². The van der Waals surface area contributed by atoms with Gasteiger partial charge in [-0.1, -0.05) is 49.7 Å². The maximum atomic E-state index is 14.7. The topological polar surface area (TPSA) is 72.9 Å². The second kappa shape index (κ2) is 13.6. The van der Waals surface area contributed by atoms with E-state index in [9.17, 15) is 35.2 Å². The van der Waals surface area contributed by atoms with Crippen molar-refractivity contribution in [2.45, 2.75) is 43.3 Å². The molecule has 3 aromatic rings. The van der Waals surface area contributed by atoms with Crippen LogP contribution in [0.5, 0.6) is 5.75 Å². The van der Waals surface area contributed by atoms with Gasteiger partial charge in [0.15, 0.2) is 9.84 Å². The second-order valence-corrected chi connectivity index (χ2v) is 13.0. The Morgan fingerprint density at radius 1 is 1.02 bits per heavy atom. The number of alkyl halides is 3. The van der Waals surface area contributed by atoms with E-state index in [1.165, 1.54) is 24.3 Å². The van der Waals surface area contributed by atoms with Crippen LogP contribution in [0.2, 0.25) is 5.02 Å². The van der Waals surface area contributed by atoms with Crippen molar-refractivity contribution in [3.8, 4) is 5.75 Å². The molecule has 6 nitrogen and oxygen atoms in total. The molecule has 0 amide bonds. The molecule has 234 valence electrons. The lowest BCUT2D eigenvalue weighted by Gasteiger charge is -2.34. The fraction of sp³-hybridized carbons (Fsp3) is 0.367. The highest BCUT2D eigenvalue weighted by molar-refractivity contribution is 7.90. The maximum Gasteiger partial charge on any atom is 0.417 e. The second-order valence-electron chi connectivity index (χ2n) is 10.6. The molecule has 0 fully saturated rings. The Balaban J connectivity index is 1.83. The molecule has 0 radical (unpaired) electrons. The third kappa shape index (κ3) is 8.90. The molecule has 43 heavy (non-hydrogen) atoms. The largest absolute Gasteiger partial charge is 0.493 e. The van der Waals surface area contributed by atoms with Gasteiger partial charge < -0.3 is 9.47 Å².